The van der Waals surface area contributed by atoms with Gasteiger partial charge in [-0.2, -0.15) is 11.8 Å². The van der Waals surface area contributed by atoms with Crippen LogP contribution in [0.15, 0.2) is 24.3 Å². The molecule has 0 amide bonds. The molecular weight excluding hydrogens is 242 g/mol. The van der Waals surface area contributed by atoms with Crippen LogP contribution in [0.3, 0.4) is 0 Å². The molecule has 1 N–H and O–H groups in total. The first-order chi connectivity index (χ1) is 8.83. The summed E-state index contributed by atoms with van der Waals surface area (Å²) >= 11 is 2.11. The van der Waals surface area contributed by atoms with Crippen molar-refractivity contribution < 1.29 is 4.74 Å². The van der Waals surface area contributed by atoms with E-state index in [2.05, 4.69) is 36.1 Å². The van der Waals surface area contributed by atoms with E-state index in [1.807, 2.05) is 12.1 Å². The van der Waals surface area contributed by atoms with Crippen molar-refractivity contribution in [2.45, 2.75) is 37.5 Å². The SMILES string of the molecule is CCC(NCC1CCCS1)c1ccc(OC)cc1. The third kappa shape index (κ3) is 3.66. The lowest BCUT2D eigenvalue weighted by molar-refractivity contribution is 0.414. The highest BCUT2D eigenvalue weighted by atomic mass is 32.2. The van der Waals surface area contributed by atoms with Crippen LogP contribution in [0.5, 0.6) is 5.75 Å². The first-order valence-electron chi connectivity index (χ1n) is 6.82. The van der Waals surface area contributed by atoms with Crippen LogP contribution in [0.2, 0.25) is 0 Å². The Hall–Kier alpha value is -0.670. The van der Waals surface area contributed by atoms with Gasteiger partial charge in [0.25, 0.3) is 0 Å². The van der Waals surface area contributed by atoms with Crippen molar-refractivity contribution in [2.75, 3.05) is 19.4 Å². The molecule has 2 nitrogen and oxygen atoms in total. The first kappa shape index (κ1) is 13.8. The molecule has 100 valence electrons. The van der Waals surface area contributed by atoms with E-state index >= 15 is 0 Å². The van der Waals surface area contributed by atoms with Crippen LogP contribution in [-0.4, -0.2) is 24.7 Å². The minimum Gasteiger partial charge on any atom is -0.497 e. The summed E-state index contributed by atoms with van der Waals surface area (Å²) in [6.45, 7) is 3.37. The molecule has 0 saturated carbocycles. The summed E-state index contributed by atoms with van der Waals surface area (Å²) in [4.78, 5) is 0. The maximum Gasteiger partial charge on any atom is 0.118 e. The van der Waals surface area contributed by atoms with E-state index in [4.69, 9.17) is 4.74 Å². The Bertz CT molecular complexity index is 346. The third-order valence-electron chi connectivity index (χ3n) is 3.54. The number of nitrogens with one attached hydrogen (secondary N) is 1. The predicted octanol–water partition coefficient (Wildman–Crippen LogP) is 3.63. The zero-order chi connectivity index (χ0) is 12.8. The minimum absolute atomic E-state index is 0.470. The second-order valence-electron chi connectivity index (χ2n) is 4.78. The first-order valence-corrected chi connectivity index (χ1v) is 7.87. The molecule has 0 radical (unpaired) electrons. The van der Waals surface area contributed by atoms with Crippen molar-refractivity contribution in [1.82, 2.24) is 5.32 Å². The lowest BCUT2D eigenvalue weighted by atomic mass is 10.0. The Kier molecular flexibility index (Phi) is 5.39. The van der Waals surface area contributed by atoms with E-state index < -0.39 is 0 Å². The monoisotopic (exact) mass is 265 g/mol. The largest absolute Gasteiger partial charge is 0.497 e. The number of ether oxygens (including phenoxy) is 1. The van der Waals surface area contributed by atoms with Gasteiger partial charge in [0.1, 0.15) is 5.75 Å². The van der Waals surface area contributed by atoms with E-state index in [-0.39, 0.29) is 0 Å². The Morgan fingerprint density at radius 1 is 1.39 bits per heavy atom. The molecule has 2 atom stereocenters. The quantitative estimate of drug-likeness (QED) is 0.848. The molecule has 0 aromatic heterocycles. The van der Waals surface area contributed by atoms with Gasteiger partial charge < -0.3 is 10.1 Å². The molecule has 0 aliphatic carbocycles. The normalized spacial score (nSPS) is 20.9. The van der Waals surface area contributed by atoms with Gasteiger partial charge in [0.05, 0.1) is 7.11 Å². The molecule has 1 fully saturated rings. The van der Waals surface area contributed by atoms with Gasteiger partial charge in [-0.25, -0.2) is 0 Å². The van der Waals surface area contributed by atoms with E-state index in [0.717, 1.165) is 24.0 Å². The van der Waals surface area contributed by atoms with Crippen molar-refractivity contribution in [3.8, 4) is 5.75 Å². The third-order valence-corrected chi connectivity index (χ3v) is 4.94. The van der Waals surface area contributed by atoms with Crippen LogP contribution in [0.25, 0.3) is 0 Å². The number of hydrogen-bond acceptors (Lipinski definition) is 3. The smallest absolute Gasteiger partial charge is 0.118 e. The molecule has 1 aliphatic heterocycles. The van der Waals surface area contributed by atoms with Crippen LogP contribution in [0, 0.1) is 0 Å². The lowest BCUT2D eigenvalue weighted by Gasteiger charge is -2.20. The van der Waals surface area contributed by atoms with Crippen LogP contribution >= 0.6 is 11.8 Å². The molecule has 1 aliphatic rings. The van der Waals surface area contributed by atoms with Gasteiger partial charge in [0.15, 0.2) is 0 Å². The van der Waals surface area contributed by atoms with Crippen molar-refractivity contribution >= 4 is 11.8 Å². The van der Waals surface area contributed by atoms with Gasteiger partial charge in [-0.1, -0.05) is 19.1 Å². The molecule has 1 saturated heterocycles. The fourth-order valence-corrected chi connectivity index (χ4v) is 3.63. The van der Waals surface area contributed by atoms with Gasteiger partial charge >= 0.3 is 0 Å². The molecule has 0 bridgehead atoms. The average Bonchev–Trinajstić information content (AvgIpc) is 2.93. The summed E-state index contributed by atoms with van der Waals surface area (Å²) in [5.41, 5.74) is 1.36. The maximum absolute atomic E-state index is 5.20. The summed E-state index contributed by atoms with van der Waals surface area (Å²) in [7, 11) is 1.71. The average molecular weight is 265 g/mol. The van der Waals surface area contributed by atoms with Crippen LogP contribution in [0.4, 0.5) is 0 Å². The molecule has 2 rings (SSSR count). The highest BCUT2D eigenvalue weighted by molar-refractivity contribution is 8.00. The van der Waals surface area contributed by atoms with Crippen LogP contribution in [0.1, 0.15) is 37.8 Å². The number of methoxy groups -OCH3 is 1. The number of hydrogen-bond donors (Lipinski definition) is 1. The molecule has 1 aromatic rings. The van der Waals surface area contributed by atoms with Crippen molar-refractivity contribution in [3.63, 3.8) is 0 Å². The zero-order valence-electron chi connectivity index (χ0n) is 11.3. The number of thioether (sulfide) groups is 1. The highest BCUT2D eigenvalue weighted by Crippen LogP contribution is 2.27. The van der Waals surface area contributed by atoms with E-state index in [9.17, 15) is 0 Å². The van der Waals surface area contributed by atoms with Gasteiger partial charge in [-0.3, -0.25) is 0 Å². The summed E-state index contributed by atoms with van der Waals surface area (Å²) in [5, 5.41) is 4.52. The second kappa shape index (κ2) is 7.05. The van der Waals surface area contributed by atoms with Crippen molar-refractivity contribution in [3.05, 3.63) is 29.8 Å². The standard InChI is InChI=1S/C15H23NOS/c1-3-15(16-11-14-5-4-10-18-14)12-6-8-13(17-2)9-7-12/h6-9,14-16H,3-5,10-11H2,1-2H3. The maximum atomic E-state index is 5.20. The summed E-state index contributed by atoms with van der Waals surface area (Å²) in [6.07, 6.45) is 3.89. The fourth-order valence-electron chi connectivity index (χ4n) is 2.41. The van der Waals surface area contributed by atoms with Crippen LogP contribution in [-0.2, 0) is 0 Å². The van der Waals surface area contributed by atoms with E-state index in [1.54, 1.807) is 7.11 Å². The molecule has 18 heavy (non-hydrogen) atoms. The minimum atomic E-state index is 0.470. The van der Waals surface area contributed by atoms with Crippen molar-refractivity contribution in [1.29, 1.82) is 0 Å². The van der Waals surface area contributed by atoms with Gasteiger partial charge in [0, 0.05) is 17.8 Å². The fraction of sp³-hybridized carbons (Fsp3) is 0.600. The summed E-state index contributed by atoms with van der Waals surface area (Å²) in [6, 6.07) is 8.90. The predicted molar refractivity (Wildman–Crippen MR) is 79.5 cm³/mol. The molecule has 3 heteroatoms. The van der Waals surface area contributed by atoms with Gasteiger partial charge in [0.2, 0.25) is 0 Å². The second-order valence-corrected chi connectivity index (χ2v) is 6.19. The number of benzene rings is 1. The Morgan fingerprint density at radius 2 is 2.17 bits per heavy atom. The summed E-state index contributed by atoms with van der Waals surface area (Å²) < 4.78 is 5.20. The van der Waals surface area contributed by atoms with Gasteiger partial charge in [-0.05, 0) is 42.7 Å². The molecule has 1 heterocycles. The lowest BCUT2D eigenvalue weighted by Crippen LogP contribution is -2.27. The molecule has 0 spiro atoms. The Balaban J connectivity index is 1.89. The highest BCUT2D eigenvalue weighted by Gasteiger charge is 2.17. The molecule has 1 aromatic carbocycles. The van der Waals surface area contributed by atoms with E-state index in [0.29, 0.717) is 6.04 Å². The van der Waals surface area contributed by atoms with Crippen molar-refractivity contribution in [2.24, 2.45) is 0 Å². The van der Waals surface area contributed by atoms with Gasteiger partial charge in [-0.15, -0.1) is 0 Å². The Morgan fingerprint density at radius 3 is 2.72 bits per heavy atom. The summed E-state index contributed by atoms with van der Waals surface area (Å²) in [5.74, 6) is 2.27. The molecular formula is C15H23NOS. The number of rotatable bonds is 6. The molecule has 2 unspecified atom stereocenters. The van der Waals surface area contributed by atoms with Crippen LogP contribution < -0.4 is 10.1 Å². The Labute approximate surface area is 114 Å². The topological polar surface area (TPSA) is 21.3 Å². The van der Waals surface area contributed by atoms with E-state index in [1.165, 1.54) is 24.2 Å². The zero-order valence-corrected chi connectivity index (χ0v) is 12.1.